The highest BCUT2D eigenvalue weighted by molar-refractivity contribution is 6.35. The normalized spacial score (nSPS) is 13.6. The van der Waals surface area contributed by atoms with Gasteiger partial charge in [-0.1, -0.05) is 127 Å². The predicted octanol–water partition coefficient (Wildman–Crippen LogP) is 8.60. The van der Waals surface area contributed by atoms with Gasteiger partial charge in [0.15, 0.2) is 0 Å². The molecule has 0 nitrogen and oxygen atoms in total. The Balaban J connectivity index is 1.56. The molecule has 0 unspecified atom stereocenters. The van der Waals surface area contributed by atoms with Crippen LogP contribution in [0, 0.1) is 0 Å². The molecule has 0 N–H and O–H groups in total. The summed E-state index contributed by atoms with van der Waals surface area (Å²) in [6.45, 7) is 0. The van der Waals surface area contributed by atoms with Crippen LogP contribution in [0.1, 0.15) is 33.4 Å². The Morgan fingerprint density at radius 3 is 1.18 bits per heavy atom. The second-order valence-corrected chi connectivity index (χ2v) is 8.90. The number of benzene rings is 5. The second kappa shape index (κ2) is 7.57. The van der Waals surface area contributed by atoms with Crippen molar-refractivity contribution in [3.05, 3.63) is 167 Å². The van der Waals surface area contributed by atoms with Gasteiger partial charge in [-0.2, -0.15) is 0 Å². The van der Waals surface area contributed by atoms with Crippen LogP contribution in [-0.4, -0.2) is 0 Å². The van der Waals surface area contributed by atoms with Crippen molar-refractivity contribution < 1.29 is 0 Å². The smallest absolute Gasteiger partial charge is 0.000763 e. The maximum absolute atomic E-state index is 2.35. The maximum Gasteiger partial charge on any atom is -0.000763 e. The van der Waals surface area contributed by atoms with Crippen LogP contribution in [-0.2, 0) is 0 Å². The van der Waals surface area contributed by atoms with Crippen LogP contribution < -0.4 is 0 Å². The summed E-state index contributed by atoms with van der Waals surface area (Å²) >= 11 is 0. The third-order valence-electron chi connectivity index (χ3n) is 7.00. The second-order valence-electron chi connectivity index (χ2n) is 8.90. The van der Waals surface area contributed by atoms with Gasteiger partial charge in [0.05, 0.1) is 0 Å². The summed E-state index contributed by atoms with van der Waals surface area (Å²) in [6, 6.07) is 48.3. The average Bonchev–Trinajstić information content (AvgIpc) is 3.43. The highest BCUT2D eigenvalue weighted by atomic mass is 14.4. The van der Waals surface area contributed by atoms with Crippen LogP contribution in [0.15, 0.2) is 133 Å². The van der Waals surface area contributed by atoms with E-state index in [-0.39, 0.29) is 0 Å². The van der Waals surface area contributed by atoms with E-state index in [4.69, 9.17) is 0 Å². The first-order chi connectivity index (χ1) is 16.9. The Bertz CT molecular complexity index is 1620. The van der Waals surface area contributed by atoms with Crippen molar-refractivity contribution in [2.75, 3.05) is 0 Å². The molecule has 0 atom stereocenters. The van der Waals surface area contributed by atoms with E-state index in [1.807, 2.05) is 0 Å². The first-order valence-corrected chi connectivity index (χ1v) is 11.8. The van der Waals surface area contributed by atoms with Gasteiger partial charge in [0.2, 0.25) is 0 Å². The number of rotatable bonds is 3. The van der Waals surface area contributed by atoms with E-state index in [1.165, 1.54) is 66.8 Å². The quantitative estimate of drug-likeness (QED) is 0.269. The van der Waals surface area contributed by atoms with Crippen molar-refractivity contribution in [1.29, 1.82) is 0 Å². The van der Waals surface area contributed by atoms with Gasteiger partial charge < -0.3 is 0 Å². The fourth-order valence-electron chi connectivity index (χ4n) is 5.59. The molecular weight excluding hydrogens is 408 g/mol. The molecule has 0 amide bonds. The predicted molar refractivity (Wildman–Crippen MR) is 143 cm³/mol. The van der Waals surface area contributed by atoms with Gasteiger partial charge in [0.1, 0.15) is 0 Å². The first-order valence-electron chi connectivity index (χ1n) is 11.8. The minimum absolute atomic E-state index is 1.24. The van der Waals surface area contributed by atoms with Crippen molar-refractivity contribution in [3.8, 4) is 11.1 Å². The van der Waals surface area contributed by atoms with Crippen molar-refractivity contribution in [3.63, 3.8) is 0 Å². The number of fused-ring (bicyclic) bond motifs is 5. The van der Waals surface area contributed by atoms with E-state index in [2.05, 4.69) is 133 Å². The Morgan fingerprint density at radius 2 is 0.618 bits per heavy atom. The van der Waals surface area contributed by atoms with E-state index < -0.39 is 0 Å². The van der Waals surface area contributed by atoms with E-state index in [0.717, 1.165) is 0 Å². The zero-order chi connectivity index (χ0) is 22.5. The van der Waals surface area contributed by atoms with E-state index in [1.54, 1.807) is 0 Å². The van der Waals surface area contributed by atoms with Gasteiger partial charge in [-0.05, 0) is 72.9 Å². The van der Waals surface area contributed by atoms with Crippen molar-refractivity contribution in [1.82, 2.24) is 0 Å². The minimum atomic E-state index is 1.24. The highest BCUT2D eigenvalue weighted by Crippen LogP contribution is 2.58. The van der Waals surface area contributed by atoms with Crippen molar-refractivity contribution >= 4 is 22.3 Å². The Hall–Kier alpha value is -4.42. The molecule has 0 aromatic heterocycles. The summed E-state index contributed by atoms with van der Waals surface area (Å²) in [5.74, 6) is 0. The summed E-state index contributed by atoms with van der Waals surface area (Å²) in [5.41, 5.74) is 15.7. The molecule has 0 radical (unpaired) electrons. The SMILES string of the molecule is c1ccc(C2=C3C(=C(c4cccc(-c5ccccc5)c4)c4ccccc43)c3ccccc32)cc1. The molecule has 2 aliphatic rings. The monoisotopic (exact) mass is 430 g/mol. The third kappa shape index (κ3) is 2.79. The van der Waals surface area contributed by atoms with Crippen LogP contribution in [0.5, 0.6) is 0 Å². The Morgan fingerprint density at radius 1 is 0.235 bits per heavy atom. The number of hydrogen-bond donors (Lipinski definition) is 0. The topological polar surface area (TPSA) is 0 Å². The first kappa shape index (κ1) is 19.1. The van der Waals surface area contributed by atoms with Crippen LogP contribution in [0.4, 0.5) is 0 Å². The van der Waals surface area contributed by atoms with E-state index >= 15 is 0 Å². The lowest BCUT2D eigenvalue weighted by molar-refractivity contribution is 1.52. The van der Waals surface area contributed by atoms with E-state index in [9.17, 15) is 0 Å². The molecule has 5 aromatic rings. The minimum Gasteiger partial charge on any atom is -0.0622 e. The van der Waals surface area contributed by atoms with Crippen molar-refractivity contribution in [2.45, 2.75) is 0 Å². The summed E-state index contributed by atoms with van der Waals surface area (Å²) in [6.07, 6.45) is 0. The Kier molecular flexibility index (Phi) is 4.25. The lowest BCUT2D eigenvalue weighted by Gasteiger charge is -2.12. The molecule has 0 fully saturated rings. The van der Waals surface area contributed by atoms with Crippen LogP contribution in [0.2, 0.25) is 0 Å². The summed E-state index contributed by atoms with van der Waals surface area (Å²) in [7, 11) is 0. The molecule has 0 bridgehead atoms. The van der Waals surface area contributed by atoms with Gasteiger partial charge in [0, 0.05) is 0 Å². The molecule has 0 saturated heterocycles. The molecule has 0 saturated carbocycles. The van der Waals surface area contributed by atoms with Gasteiger partial charge >= 0.3 is 0 Å². The Labute approximate surface area is 200 Å². The van der Waals surface area contributed by atoms with Gasteiger partial charge in [-0.3, -0.25) is 0 Å². The van der Waals surface area contributed by atoms with Gasteiger partial charge in [-0.15, -0.1) is 0 Å². The molecule has 0 aliphatic heterocycles. The lowest BCUT2D eigenvalue weighted by Crippen LogP contribution is -1.92. The van der Waals surface area contributed by atoms with Crippen LogP contribution in [0.25, 0.3) is 33.4 Å². The molecule has 7 rings (SSSR count). The molecule has 0 spiro atoms. The van der Waals surface area contributed by atoms with Gasteiger partial charge in [0.25, 0.3) is 0 Å². The summed E-state index contributed by atoms with van der Waals surface area (Å²) < 4.78 is 0. The lowest BCUT2D eigenvalue weighted by atomic mass is 9.91. The van der Waals surface area contributed by atoms with Gasteiger partial charge in [-0.25, -0.2) is 0 Å². The highest BCUT2D eigenvalue weighted by Gasteiger charge is 2.36. The van der Waals surface area contributed by atoms with Crippen LogP contribution >= 0.6 is 0 Å². The standard InChI is InChI=1S/C34H22/c1-3-12-23(13-4-1)25-16-11-17-26(22-25)32-28-19-8-10-21-30(28)33-31(24-14-5-2-6-15-24)27-18-7-9-20-29(27)34(32)33/h1-22H. The van der Waals surface area contributed by atoms with Crippen LogP contribution in [0.3, 0.4) is 0 Å². The summed E-state index contributed by atoms with van der Waals surface area (Å²) in [4.78, 5) is 0. The van der Waals surface area contributed by atoms with E-state index in [0.29, 0.717) is 0 Å². The fourth-order valence-corrected chi connectivity index (χ4v) is 5.59. The molecule has 0 heterocycles. The molecule has 34 heavy (non-hydrogen) atoms. The molecule has 158 valence electrons. The molecule has 0 heteroatoms. The maximum atomic E-state index is 2.35. The number of allylic oxidation sites excluding steroid dienone is 2. The number of hydrogen-bond acceptors (Lipinski definition) is 0. The molecule has 2 aliphatic carbocycles. The largest absolute Gasteiger partial charge is 0.0622 e. The van der Waals surface area contributed by atoms with Crippen molar-refractivity contribution in [2.24, 2.45) is 0 Å². The average molecular weight is 431 g/mol. The fraction of sp³-hybridized carbons (Fsp3) is 0. The zero-order valence-corrected chi connectivity index (χ0v) is 18.7. The summed E-state index contributed by atoms with van der Waals surface area (Å²) in [5, 5.41) is 0. The molecule has 5 aromatic carbocycles. The molecular formula is C34H22. The third-order valence-corrected chi connectivity index (χ3v) is 7.00. The zero-order valence-electron chi connectivity index (χ0n) is 18.7.